The van der Waals surface area contributed by atoms with Crippen LogP contribution in [0.2, 0.25) is 0 Å². The second kappa shape index (κ2) is 4.60. The van der Waals surface area contributed by atoms with Gasteiger partial charge in [-0.25, -0.2) is 0 Å². The van der Waals surface area contributed by atoms with Crippen molar-refractivity contribution in [2.24, 2.45) is 11.8 Å². The first-order chi connectivity index (χ1) is 7.27. The number of fused-ring (bicyclic) bond motifs is 1. The van der Waals surface area contributed by atoms with Crippen LogP contribution in [0.5, 0.6) is 0 Å². The smallest absolute Gasteiger partial charge is 0.306 e. The Labute approximate surface area is 89.5 Å². The van der Waals surface area contributed by atoms with Gasteiger partial charge in [-0.3, -0.25) is 9.59 Å². The van der Waals surface area contributed by atoms with Crippen LogP contribution in [0.25, 0.3) is 0 Å². The van der Waals surface area contributed by atoms with Gasteiger partial charge in [0.2, 0.25) is 0 Å². The minimum atomic E-state index is -0.144. The topological polar surface area (TPSA) is 43.4 Å². The molecular weight excluding hydrogens is 192 g/mol. The average molecular weight is 208 g/mol. The third kappa shape index (κ3) is 2.46. The van der Waals surface area contributed by atoms with E-state index in [2.05, 4.69) is 6.08 Å². The number of cyclic esters (lactones) is 1. The fourth-order valence-electron chi connectivity index (χ4n) is 2.42. The van der Waals surface area contributed by atoms with E-state index in [1.54, 1.807) is 0 Å². The normalized spacial score (nSPS) is 34.4. The molecule has 0 saturated heterocycles. The minimum absolute atomic E-state index is 0.0619. The summed E-state index contributed by atoms with van der Waals surface area (Å²) in [4.78, 5) is 23.0. The van der Waals surface area contributed by atoms with Crippen molar-refractivity contribution in [3.8, 4) is 0 Å². The highest BCUT2D eigenvalue weighted by Gasteiger charge is 2.35. The number of hydrogen-bond donors (Lipinski definition) is 0. The van der Waals surface area contributed by atoms with Gasteiger partial charge in [-0.1, -0.05) is 12.2 Å². The van der Waals surface area contributed by atoms with E-state index < -0.39 is 0 Å². The Bertz CT molecular complexity index is 293. The van der Waals surface area contributed by atoms with E-state index in [1.165, 1.54) is 0 Å². The molecular formula is C12H16O3. The van der Waals surface area contributed by atoms with Crippen LogP contribution in [-0.4, -0.2) is 18.4 Å². The van der Waals surface area contributed by atoms with Gasteiger partial charge in [0, 0.05) is 18.8 Å². The number of carbonyl (C=O) groups is 2. The Hall–Kier alpha value is -1.12. The molecule has 2 rings (SSSR count). The molecule has 2 aliphatic rings. The summed E-state index contributed by atoms with van der Waals surface area (Å²) in [6.45, 7) is 0.473. The second-order valence-electron chi connectivity index (χ2n) is 4.29. The zero-order chi connectivity index (χ0) is 10.7. The first-order valence-corrected chi connectivity index (χ1v) is 5.60. The van der Waals surface area contributed by atoms with Crippen molar-refractivity contribution in [1.29, 1.82) is 0 Å². The molecule has 1 aliphatic heterocycles. The molecule has 2 atom stereocenters. The molecule has 82 valence electrons. The summed E-state index contributed by atoms with van der Waals surface area (Å²) in [6, 6.07) is 0. The third-order valence-electron chi connectivity index (χ3n) is 3.28. The van der Waals surface area contributed by atoms with Crippen molar-refractivity contribution in [3.05, 3.63) is 12.2 Å². The maximum atomic E-state index is 11.6. The first kappa shape index (κ1) is 10.4. The number of ether oxygens (including phenoxy) is 1. The minimum Gasteiger partial charge on any atom is -0.465 e. The molecule has 0 spiro atoms. The van der Waals surface area contributed by atoms with E-state index in [4.69, 9.17) is 4.74 Å². The zero-order valence-electron chi connectivity index (χ0n) is 8.78. The summed E-state index contributed by atoms with van der Waals surface area (Å²) in [7, 11) is 0. The first-order valence-electron chi connectivity index (χ1n) is 5.60. The molecule has 0 radical (unpaired) electrons. The lowest BCUT2D eigenvalue weighted by Crippen LogP contribution is -2.19. The Morgan fingerprint density at radius 1 is 1.27 bits per heavy atom. The summed E-state index contributed by atoms with van der Waals surface area (Å²) >= 11 is 0. The van der Waals surface area contributed by atoms with Crippen molar-refractivity contribution in [1.82, 2.24) is 0 Å². The maximum Gasteiger partial charge on any atom is 0.306 e. The van der Waals surface area contributed by atoms with Crippen LogP contribution in [0.1, 0.15) is 32.1 Å². The number of ketones is 1. The Balaban J connectivity index is 2.08. The van der Waals surface area contributed by atoms with Gasteiger partial charge in [0.25, 0.3) is 0 Å². The molecule has 0 aromatic heterocycles. The van der Waals surface area contributed by atoms with Crippen LogP contribution in [-0.2, 0) is 14.3 Å². The Morgan fingerprint density at radius 3 is 3.00 bits per heavy atom. The number of hydrogen-bond acceptors (Lipinski definition) is 3. The molecule has 3 nitrogen and oxygen atoms in total. The standard InChI is InChI=1S/C12H16O3/c13-11-6-5-9-8-12(14)15-7-3-1-2-4-10(9)11/h1-2,9-10H,3-8H2/b2-1+/t9-,10-/m0/s1. The van der Waals surface area contributed by atoms with E-state index in [-0.39, 0.29) is 17.8 Å². The number of allylic oxidation sites excluding steroid dienone is 1. The quantitative estimate of drug-likeness (QED) is 0.451. The van der Waals surface area contributed by atoms with Crippen molar-refractivity contribution in [2.75, 3.05) is 6.61 Å². The molecule has 3 heteroatoms. The Morgan fingerprint density at radius 2 is 2.13 bits per heavy atom. The van der Waals surface area contributed by atoms with Gasteiger partial charge >= 0.3 is 5.97 Å². The maximum absolute atomic E-state index is 11.6. The molecule has 15 heavy (non-hydrogen) atoms. The van der Waals surface area contributed by atoms with Crippen molar-refractivity contribution >= 4 is 11.8 Å². The van der Waals surface area contributed by atoms with Gasteiger partial charge in [-0.15, -0.1) is 0 Å². The van der Waals surface area contributed by atoms with Crippen molar-refractivity contribution in [2.45, 2.75) is 32.1 Å². The van der Waals surface area contributed by atoms with E-state index >= 15 is 0 Å². The van der Waals surface area contributed by atoms with Crippen LogP contribution < -0.4 is 0 Å². The molecule has 0 aromatic rings. The molecule has 1 saturated carbocycles. The predicted octanol–water partition coefficient (Wildman–Crippen LogP) is 1.86. The molecule has 0 unspecified atom stereocenters. The fraction of sp³-hybridized carbons (Fsp3) is 0.667. The van der Waals surface area contributed by atoms with E-state index in [0.29, 0.717) is 25.2 Å². The third-order valence-corrected chi connectivity index (χ3v) is 3.28. The van der Waals surface area contributed by atoms with Crippen molar-refractivity contribution in [3.63, 3.8) is 0 Å². The summed E-state index contributed by atoms with van der Waals surface area (Å²) in [6.07, 6.45) is 7.53. The molecule has 0 N–H and O–H groups in total. The predicted molar refractivity (Wildman–Crippen MR) is 55.2 cm³/mol. The highest BCUT2D eigenvalue weighted by Crippen LogP contribution is 2.34. The fourth-order valence-corrected chi connectivity index (χ4v) is 2.42. The van der Waals surface area contributed by atoms with Gasteiger partial charge in [0.05, 0.1) is 6.61 Å². The van der Waals surface area contributed by atoms with Crippen LogP contribution in [0.4, 0.5) is 0 Å². The zero-order valence-corrected chi connectivity index (χ0v) is 8.78. The van der Waals surface area contributed by atoms with Gasteiger partial charge in [0.1, 0.15) is 5.78 Å². The highest BCUT2D eigenvalue weighted by atomic mass is 16.5. The molecule has 1 fully saturated rings. The number of Topliss-reactive ketones (excluding diaryl/α,β-unsaturated/α-hetero) is 1. The van der Waals surface area contributed by atoms with Gasteiger partial charge in [0.15, 0.2) is 0 Å². The number of rotatable bonds is 0. The van der Waals surface area contributed by atoms with Crippen LogP contribution in [0, 0.1) is 11.8 Å². The largest absolute Gasteiger partial charge is 0.465 e. The van der Waals surface area contributed by atoms with E-state index in [1.807, 2.05) is 6.08 Å². The van der Waals surface area contributed by atoms with Crippen LogP contribution >= 0.6 is 0 Å². The second-order valence-corrected chi connectivity index (χ2v) is 4.29. The summed E-state index contributed by atoms with van der Waals surface area (Å²) < 4.78 is 5.06. The van der Waals surface area contributed by atoms with Gasteiger partial charge in [-0.2, -0.15) is 0 Å². The van der Waals surface area contributed by atoms with E-state index in [0.717, 1.165) is 19.3 Å². The van der Waals surface area contributed by atoms with Crippen molar-refractivity contribution < 1.29 is 14.3 Å². The highest BCUT2D eigenvalue weighted by molar-refractivity contribution is 5.84. The van der Waals surface area contributed by atoms with E-state index in [9.17, 15) is 9.59 Å². The molecule has 0 amide bonds. The summed E-state index contributed by atoms with van der Waals surface area (Å²) in [5, 5.41) is 0. The molecule has 0 aromatic carbocycles. The SMILES string of the molecule is O=C1C[C@@H]2CCC(=O)[C@H]2C/C=C/CCO1. The lowest BCUT2D eigenvalue weighted by Gasteiger charge is -2.17. The van der Waals surface area contributed by atoms with Gasteiger partial charge in [-0.05, 0) is 25.2 Å². The monoisotopic (exact) mass is 208 g/mol. The average Bonchev–Trinajstić information content (AvgIpc) is 2.55. The lowest BCUT2D eigenvalue weighted by atomic mass is 9.89. The summed E-state index contributed by atoms with van der Waals surface area (Å²) in [5.41, 5.74) is 0. The number of carbonyl (C=O) groups excluding carboxylic acids is 2. The lowest BCUT2D eigenvalue weighted by molar-refractivity contribution is -0.145. The Kier molecular flexibility index (Phi) is 3.19. The summed E-state index contributed by atoms with van der Waals surface area (Å²) in [5.74, 6) is 0.452. The molecule has 1 aliphatic carbocycles. The molecule has 0 bridgehead atoms. The molecule has 1 heterocycles. The van der Waals surface area contributed by atoms with Gasteiger partial charge < -0.3 is 4.74 Å². The van der Waals surface area contributed by atoms with Crippen LogP contribution in [0.3, 0.4) is 0 Å². The number of esters is 1. The van der Waals surface area contributed by atoms with Crippen LogP contribution in [0.15, 0.2) is 12.2 Å².